The highest BCUT2D eigenvalue weighted by molar-refractivity contribution is 5.71. The van der Waals surface area contributed by atoms with E-state index in [0.29, 0.717) is 13.0 Å². The second-order valence-electron chi connectivity index (χ2n) is 6.42. The second-order valence-corrected chi connectivity index (χ2v) is 6.42. The number of phenols is 2. The summed E-state index contributed by atoms with van der Waals surface area (Å²) in [6.45, 7) is 4.21. The van der Waals surface area contributed by atoms with E-state index in [1.165, 1.54) is 0 Å². The van der Waals surface area contributed by atoms with Crippen LogP contribution in [0, 0.1) is 0 Å². The number of rotatable bonds is 10. The highest BCUT2D eigenvalue weighted by Crippen LogP contribution is 2.27. The Balaban J connectivity index is 1.81. The third kappa shape index (κ3) is 6.44. The second kappa shape index (κ2) is 10.5. The molecule has 0 heterocycles. The Kier molecular flexibility index (Phi) is 8.10. The van der Waals surface area contributed by atoms with Gasteiger partial charge in [-0.15, -0.1) is 0 Å². The van der Waals surface area contributed by atoms with Gasteiger partial charge >= 0.3 is 5.97 Å². The van der Waals surface area contributed by atoms with E-state index in [9.17, 15) is 20.1 Å². The Morgan fingerprint density at radius 2 is 1.86 bits per heavy atom. The number of aromatic hydroxyl groups is 2. The van der Waals surface area contributed by atoms with Gasteiger partial charge in [-0.1, -0.05) is 18.2 Å². The lowest BCUT2D eigenvalue weighted by atomic mass is 10.0. The normalized spacial score (nSPS) is 13.0. The fourth-order valence-corrected chi connectivity index (χ4v) is 2.70. The number of carbonyl (C=O) groups is 1. The zero-order valence-electron chi connectivity index (χ0n) is 16.1. The average Bonchev–Trinajstić information content (AvgIpc) is 2.67. The van der Waals surface area contributed by atoms with Crippen LogP contribution in [-0.2, 0) is 16.0 Å². The standard InChI is InChI=1S/C21H27NO6/c1-3-27-20(25)13-28-19-9-4-15(12-18(19)24)10-11-22-14(2)21(26)16-5-7-17(23)8-6-16/h4-9,12,14,21-24,26H,3,10-11,13H2,1-2H3/t14-,21+/m0/s1. The third-order valence-corrected chi connectivity index (χ3v) is 4.26. The molecule has 0 spiro atoms. The molecule has 0 amide bonds. The van der Waals surface area contributed by atoms with E-state index in [0.717, 1.165) is 11.1 Å². The number of phenolic OH excluding ortho intramolecular Hbond substituents is 2. The molecule has 2 rings (SSSR count). The SMILES string of the molecule is CCOC(=O)COc1ccc(CCN[C@@H](C)[C@@H](O)c2ccc(O)cc2)cc1O. The summed E-state index contributed by atoms with van der Waals surface area (Å²) in [5, 5.41) is 33.0. The van der Waals surface area contributed by atoms with Crippen LogP contribution in [0.1, 0.15) is 31.1 Å². The Morgan fingerprint density at radius 1 is 1.14 bits per heavy atom. The molecule has 0 aliphatic heterocycles. The van der Waals surface area contributed by atoms with E-state index in [2.05, 4.69) is 5.32 Å². The first-order chi connectivity index (χ1) is 13.4. The van der Waals surface area contributed by atoms with Crippen LogP contribution in [0.4, 0.5) is 0 Å². The van der Waals surface area contributed by atoms with Crippen molar-refractivity contribution in [2.75, 3.05) is 19.8 Å². The monoisotopic (exact) mass is 389 g/mol. The van der Waals surface area contributed by atoms with Gasteiger partial charge in [0.05, 0.1) is 12.7 Å². The largest absolute Gasteiger partial charge is 0.508 e. The number of benzene rings is 2. The molecule has 7 heteroatoms. The highest BCUT2D eigenvalue weighted by atomic mass is 16.6. The summed E-state index contributed by atoms with van der Waals surface area (Å²) in [4.78, 5) is 11.3. The predicted molar refractivity (Wildman–Crippen MR) is 104 cm³/mol. The molecule has 0 aliphatic rings. The van der Waals surface area contributed by atoms with Crippen molar-refractivity contribution in [1.29, 1.82) is 0 Å². The van der Waals surface area contributed by atoms with Crippen LogP contribution in [-0.4, -0.2) is 47.1 Å². The number of esters is 1. The van der Waals surface area contributed by atoms with E-state index in [-0.39, 0.29) is 36.5 Å². The lowest BCUT2D eigenvalue weighted by Gasteiger charge is -2.21. The molecule has 0 aromatic heterocycles. The molecule has 2 aromatic rings. The molecule has 0 fully saturated rings. The van der Waals surface area contributed by atoms with Crippen LogP contribution in [0.5, 0.6) is 17.2 Å². The number of carbonyl (C=O) groups excluding carboxylic acids is 1. The maximum absolute atomic E-state index is 11.3. The minimum atomic E-state index is -0.701. The lowest BCUT2D eigenvalue weighted by Crippen LogP contribution is -2.33. The first-order valence-electron chi connectivity index (χ1n) is 9.21. The van der Waals surface area contributed by atoms with Gasteiger partial charge in [-0.3, -0.25) is 0 Å². The first-order valence-corrected chi connectivity index (χ1v) is 9.21. The maximum Gasteiger partial charge on any atom is 0.344 e. The van der Waals surface area contributed by atoms with Crippen LogP contribution in [0.3, 0.4) is 0 Å². The number of aliphatic hydroxyl groups is 1. The van der Waals surface area contributed by atoms with Gasteiger partial charge in [-0.2, -0.15) is 0 Å². The van der Waals surface area contributed by atoms with E-state index >= 15 is 0 Å². The number of ether oxygens (including phenoxy) is 2. The van der Waals surface area contributed by atoms with E-state index in [1.807, 2.05) is 13.0 Å². The summed E-state index contributed by atoms with van der Waals surface area (Å²) in [6.07, 6.45) is -0.0640. The summed E-state index contributed by atoms with van der Waals surface area (Å²) in [6, 6.07) is 11.3. The fraction of sp³-hybridized carbons (Fsp3) is 0.381. The molecule has 4 N–H and O–H groups in total. The van der Waals surface area contributed by atoms with Crippen molar-refractivity contribution < 1.29 is 29.6 Å². The minimum absolute atomic E-state index is 0.0426. The lowest BCUT2D eigenvalue weighted by molar-refractivity contribution is -0.145. The minimum Gasteiger partial charge on any atom is -0.508 e. The van der Waals surface area contributed by atoms with Crippen molar-refractivity contribution in [2.45, 2.75) is 32.4 Å². The van der Waals surface area contributed by atoms with Gasteiger partial charge in [-0.05, 0) is 62.2 Å². The molecule has 2 atom stereocenters. The van der Waals surface area contributed by atoms with E-state index in [1.54, 1.807) is 43.3 Å². The van der Waals surface area contributed by atoms with E-state index < -0.39 is 12.1 Å². The van der Waals surface area contributed by atoms with Crippen LogP contribution in [0.15, 0.2) is 42.5 Å². The van der Waals surface area contributed by atoms with Crippen molar-refractivity contribution >= 4 is 5.97 Å². The van der Waals surface area contributed by atoms with Crippen molar-refractivity contribution in [1.82, 2.24) is 5.32 Å². The molecular weight excluding hydrogens is 362 g/mol. The van der Waals surface area contributed by atoms with Gasteiger partial charge in [0.1, 0.15) is 5.75 Å². The van der Waals surface area contributed by atoms with Gasteiger partial charge < -0.3 is 30.1 Å². The van der Waals surface area contributed by atoms with Gasteiger partial charge in [0.25, 0.3) is 0 Å². The predicted octanol–water partition coefficient (Wildman–Crippen LogP) is 2.29. The van der Waals surface area contributed by atoms with Crippen molar-refractivity contribution in [3.05, 3.63) is 53.6 Å². The number of aliphatic hydroxyl groups excluding tert-OH is 1. The van der Waals surface area contributed by atoms with Crippen LogP contribution in [0.2, 0.25) is 0 Å². The zero-order valence-corrected chi connectivity index (χ0v) is 16.1. The van der Waals surface area contributed by atoms with Gasteiger partial charge in [0.2, 0.25) is 0 Å². The quantitative estimate of drug-likeness (QED) is 0.462. The smallest absolute Gasteiger partial charge is 0.344 e. The van der Waals surface area contributed by atoms with Gasteiger partial charge in [-0.25, -0.2) is 4.79 Å². The molecule has 152 valence electrons. The number of hydrogen-bond donors (Lipinski definition) is 4. The molecule has 0 radical (unpaired) electrons. The summed E-state index contributed by atoms with van der Waals surface area (Å²) in [5.74, 6) is -0.151. The molecule has 28 heavy (non-hydrogen) atoms. The van der Waals surface area contributed by atoms with E-state index in [4.69, 9.17) is 9.47 Å². The average molecular weight is 389 g/mol. The number of nitrogens with one attached hydrogen (secondary N) is 1. The molecule has 7 nitrogen and oxygen atoms in total. The van der Waals surface area contributed by atoms with Crippen LogP contribution in [0.25, 0.3) is 0 Å². The molecule has 0 saturated carbocycles. The van der Waals surface area contributed by atoms with Crippen molar-refractivity contribution in [3.63, 3.8) is 0 Å². The molecule has 0 bridgehead atoms. The van der Waals surface area contributed by atoms with Crippen molar-refractivity contribution in [3.8, 4) is 17.2 Å². The molecular formula is C21H27NO6. The summed E-state index contributed by atoms with van der Waals surface area (Å²) >= 11 is 0. The highest BCUT2D eigenvalue weighted by Gasteiger charge is 2.16. The zero-order chi connectivity index (χ0) is 20.5. The van der Waals surface area contributed by atoms with Crippen LogP contribution < -0.4 is 10.1 Å². The Bertz CT molecular complexity index is 762. The Labute approximate surface area is 164 Å². The first kappa shape index (κ1) is 21.5. The molecule has 0 unspecified atom stereocenters. The Hall–Kier alpha value is -2.77. The summed E-state index contributed by atoms with van der Waals surface area (Å²) in [5.41, 5.74) is 1.61. The van der Waals surface area contributed by atoms with Gasteiger partial charge in [0.15, 0.2) is 18.1 Å². The molecule has 2 aromatic carbocycles. The third-order valence-electron chi connectivity index (χ3n) is 4.26. The topological polar surface area (TPSA) is 108 Å². The fourth-order valence-electron chi connectivity index (χ4n) is 2.70. The molecule has 0 aliphatic carbocycles. The summed E-state index contributed by atoms with van der Waals surface area (Å²) < 4.78 is 10.0. The molecule has 0 saturated heterocycles. The van der Waals surface area contributed by atoms with Gasteiger partial charge in [0, 0.05) is 6.04 Å². The van der Waals surface area contributed by atoms with Crippen LogP contribution >= 0.6 is 0 Å². The summed E-state index contributed by atoms with van der Waals surface area (Å²) in [7, 11) is 0. The van der Waals surface area contributed by atoms with Crippen molar-refractivity contribution in [2.24, 2.45) is 0 Å². The number of hydrogen-bond acceptors (Lipinski definition) is 7. The Morgan fingerprint density at radius 3 is 2.50 bits per heavy atom. The maximum atomic E-state index is 11.3.